The van der Waals surface area contributed by atoms with Gasteiger partial charge in [0.2, 0.25) is 5.91 Å². The molecule has 0 unspecified atom stereocenters. The van der Waals surface area contributed by atoms with E-state index in [1.807, 2.05) is 55.5 Å². The maximum Gasteiger partial charge on any atom is 0.280 e. The number of hydrogen-bond donors (Lipinski definition) is 1. The summed E-state index contributed by atoms with van der Waals surface area (Å²) < 4.78 is 27.2. The van der Waals surface area contributed by atoms with Crippen molar-refractivity contribution in [2.75, 3.05) is 11.9 Å². The first kappa shape index (κ1) is 21.1. The van der Waals surface area contributed by atoms with Gasteiger partial charge in [0.25, 0.3) is 10.0 Å². The van der Waals surface area contributed by atoms with Crippen LogP contribution in [0.4, 0.5) is 5.69 Å². The molecule has 4 rings (SSSR count). The summed E-state index contributed by atoms with van der Waals surface area (Å²) in [7, 11) is -4.01. The number of aryl methyl sites for hydroxylation is 1. The Morgan fingerprint density at radius 2 is 1.81 bits per heavy atom. The number of amides is 1. The molecule has 0 aromatic heterocycles. The van der Waals surface area contributed by atoms with Crippen molar-refractivity contribution in [1.29, 1.82) is 0 Å². The summed E-state index contributed by atoms with van der Waals surface area (Å²) in [6, 6.07) is 21.2. The van der Waals surface area contributed by atoms with E-state index in [0.717, 1.165) is 22.0 Å². The number of nitrogens with zero attached hydrogens (tertiary/aromatic N) is 2. The van der Waals surface area contributed by atoms with Crippen LogP contribution >= 0.6 is 11.6 Å². The molecule has 3 aromatic carbocycles. The largest absolute Gasteiger partial charge is 0.324 e. The minimum atomic E-state index is -4.01. The van der Waals surface area contributed by atoms with E-state index in [4.69, 9.17) is 11.6 Å². The zero-order valence-electron chi connectivity index (χ0n) is 16.7. The van der Waals surface area contributed by atoms with E-state index in [1.165, 1.54) is 12.1 Å². The highest BCUT2D eigenvalue weighted by Gasteiger charge is 2.34. The predicted octanol–water partition coefficient (Wildman–Crippen LogP) is 4.30. The molecule has 0 aliphatic carbocycles. The summed E-state index contributed by atoms with van der Waals surface area (Å²) in [5.74, 6) is -0.481. The smallest absolute Gasteiger partial charge is 0.280 e. The van der Waals surface area contributed by atoms with Gasteiger partial charge in [0.1, 0.15) is 12.3 Å². The Hall–Kier alpha value is -3.16. The molecule has 8 heteroatoms. The van der Waals surface area contributed by atoms with Gasteiger partial charge in [0.15, 0.2) is 0 Å². The number of rotatable bonds is 5. The van der Waals surface area contributed by atoms with Crippen molar-refractivity contribution in [2.45, 2.75) is 18.2 Å². The number of carbonyl (C=O) groups is 1. The molecule has 1 heterocycles. The maximum absolute atomic E-state index is 13.2. The monoisotopic (exact) mass is 453 g/mol. The average Bonchev–Trinajstić information content (AvgIpc) is 2.76. The van der Waals surface area contributed by atoms with Gasteiger partial charge in [0, 0.05) is 21.8 Å². The molecule has 6 nitrogen and oxygen atoms in total. The molecular weight excluding hydrogens is 434 g/mol. The second-order valence-corrected chi connectivity index (χ2v) is 9.29. The quantitative estimate of drug-likeness (QED) is 0.625. The van der Waals surface area contributed by atoms with Crippen LogP contribution in [0.2, 0.25) is 5.02 Å². The van der Waals surface area contributed by atoms with Gasteiger partial charge in [0.05, 0.1) is 4.90 Å². The molecule has 1 aliphatic rings. The highest BCUT2D eigenvalue weighted by Crippen LogP contribution is 2.31. The van der Waals surface area contributed by atoms with E-state index < -0.39 is 22.5 Å². The number of hydrogen-bond acceptors (Lipinski definition) is 4. The van der Waals surface area contributed by atoms with Gasteiger partial charge >= 0.3 is 0 Å². The van der Waals surface area contributed by atoms with Gasteiger partial charge in [-0.3, -0.25) is 4.79 Å². The Kier molecular flexibility index (Phi) is 5.80. The molecule has 0 bridgehead atoms. The lowest BCUT2D eigenvalue weighted by molar-refractivity contribution is -0.116. The summed E-state index contributed by atoms with van der Waals surface area (Å²) in [4.78, 5) is 12.7. The van der Waals surface area contributed by atoms with E-state index in [2.05, 4.69) is 10.4 Å². The van der Waals surface area contributed by atoms with Gasteiger partial charge in [-0.05, 0) is 42.3 Å². The molecule has 1 amide bonds. The van der Waals surface area contributed by atoms with E-state index in [0.29, 0.717) is 22.0 Å². The zero-order valence-corrected chi connectivity index (χ0v) is 18.3. The Labute approximate surface area is 186 Å². The first-order valence-corrected chi connectivity index (χ1v) is 11.6. The Morgan fingerprint density at radius 3 is 2.55 bits per heavy atom. The lowest BCUT2D eigenvalue weighted by Crippen LogP contribution is -2.38. The third-order valence-electron chi connectivity index (χ3n) is 4.91. The fourth-order valence-electron chi connectivity index (χ4n) is 3.37. The van der Waals surface area contributed by atoms with Crippen LogP contribution in [0.3, 0.4) is 0 Å². The lowest BCUT2D eigenvalue weighted by atomic mass is 10.0. The van der Waals surface area contributed by atoms with Crippen molar-refractivity contribution in [3.8, 4) is 0 Å². The Morgan fingerprint density at radius 1 is 1.03 bits per heavy atom. The number of sulfonamides is 1. The standard InChI is InChI=1S/C23H20ClN3O3S/c1-2-16-7-6-10-19(13-16)25-22(28)15-27-26-23(17-8-4-3-5-9-17)20-14-18(24)11-12-21(20)31(27,29)30/h3-14H,2,15H2,1H3,(H,25,28). The van der Waals surface area contributed by atoms with Crippen LogP contribution < -0.4 is 5.32 Å². The molecule has 1 aliphatic heterocycles. The zero-order chi connectivity index (χ0) is 22.0. The fourth-order valence-corrected chi connectivity index (χ4v) is 4.92. The van der Waals surface area contributed by atoms with E-state index in [-0.39, 0.29) is 4.90 Å². The Balaban J connectivity index is 1.70. The third-order valence-corrected chi connectivity index (χ3v) is 6.82. The van der Waals surface area contributed by atoms with Crippen molar-refractivity contribution < 1.29 is 13.2 Å². The van der Waals surface area contributed by atoms with Gasteiger partial charge < -0.3 is 5.32 Å². The number of benzene rings is 3. The molecule has 158 valence electrons. The minimum absolute atomic E-state index is 0.0616. The summed E-state index contributed by atoms with van der Waals surface area (Å²) in [5.41, 5.74) is 3.25. The highest BCUT2D eigenvalue weighted by molar-refractivity contribution is 7.89. The summed E-state index contributed by atoms with van der Waals surface area (Å²) in [6.45, 7) is 1.57. The predicted molar refractivity (Wildman–Crippen MR) is 122 cm³/mol. The van der Waals surface area contributed by atoms with Crippen molar-refractivity contribution in [1.82, 2.24) is 4.41 Å². The molecular formula is C23H20ClN3O3S. The average molecular weight is 454 g/mol. The minimum Gasteiger partial charge on any atom is -0.324 e. The van der Waals surface area contributed by atoms with Crippen molar-refractivity contribution in [3.05, 3.63) is 94.5 Å². The van der Waals surface area contributed by atoms with Gasteiger partial charge in [-0.15, -0.1) is 0 Å². The molecule has 0 saturated carbocycles. The second-order valence-electron chi connectivity index (χ2n) is 7.04. The molecule has 0 saturated heterocycles. The van der Waals surface area contributed by atoms with Crippen molar-refractivity contribution >= 4 is 38.9 Å². The first-order chi connectivity index (χ1) is 14.9. The summed E-state index contributed by atoms with van der Waals surface area (Å²) in [6.07, 6.45) is 0.828. The lowest BCUT2D eigenvalue weighted by Gasteiger charge is -2.27. The fraction of sp³-hybridized carbons (Fsp3) is 0.130. The van der Waals surface area contributed by atoms with Crippen LogP contribution in [0, 0.1) is 0 Å². The van der Waals surface area contributed by atoms with Gasteiger partial charge in [-0.2, -0.15) is 17.9 Å². The molecule has 3 aromatic rings. The molecule has 0 fully saturated rings. The van der Waals surface area contributed by atoms with E-state index in [9.17, 15) is 13.2 Å². The number of carbonyl (C=O) groups excluding carboxylic acids is 1. The molecule has 0 spiro atoms. The van der Waals surface area contributed by atoms with E-state index in [1.54, 1.807) is 12.1 Å². The van der Waals surface area contributed by atoms with E-state index >= 15 is 0 Å². The number of fused-ring (bicyclic) bond motifs is 1. The topological polar surface area (TPSA) is 78.8 Å². The maximum atomic E-state index is 13.2. The number of anilines is 1. The third kappa shape index (κ3) is 4.33. The highest BCUT2D eigenvalue weighted by atomic mass is 35.5. The first-order valence-electron chi connectivity index (χ1n) is 9.74. The van der Waals surface area contributed by atoms with Crippen molar-refractivity contribution in [3.63, 3.8) is 0 Å². The number of hydrazone groups is 1. The number of nitrogens with one attached hydrogen (secondary N) is 1. The summed E-state index contributed by atoms with van der Waals surface area (Å²) in [5, 5.41) is 7.50. The van der Waals surface area contributed by atoms with Crippen molar-refractivity contribution in [2.24, 2.45) is 5.10 Å². The normalized spacial score (nSPS) is 14.5. The van der Waals surface area contributed by atoms with Crippen LogP contribution in [0.5, 0.6) is 0 Å². The molecule has 1 N–H and O–H groups in total. The Bertz CT molecular complexity index is 1270. The second kappa shape index (κ2) is 8.53. The van der Waals surface area contributed by atoms with Gasteiger partial charge in [-0.25, -0.2) is 0 Å². The molecule has 0 radical (unpaired) electrons. The van der Waals surface area contributed by atoms with Crippen LogP contribution in [0.15, 0.2) is 82.8 Å². The van der Waals surface area contributed by atoms with Crippen LogP contribution in [-0.2, 0) is 21.2 Å². The molecule has 0 atom stereocenters. The summed E-state index contributed by atoms with van der Waals surface area (Å²) >= 11 is 6.13. The molecule has 31 heavy (non-hydrogen) atoms. The van der Waals surface area contributed by atoms with Gasteiger partial charge in [-0.1, -0.05) is 61.0 Å². The van der Waals surface area contributed by atoms with Crippen LogP contribution in [-0.4, -0.2) is 31.0 Å². The van der Waals surface area contributed by atoms with Crippen LogP contribution in [0.25, 0.3) is 0 Å². The SMILES string of the molecule is CCc1cccc(NC(=O)CN2N=C(c3ccccc3)c3cc(Cl)ccc3S2(=O)=O)c1. The number of halogens is 1. The van der Waals surface area contributed by atoms with Crippen LogP contribution in [0.1, 0.15) is 23.6 Å².